The second kappa shape index (κ2) is 6.39. The molecule has 0 aromatic carbocycles. The third kappa shape index (κ3) is 3.85. The third-order valence-corrected chi connectivity index (χ3v) is 3.04. The molecule has 1 aromatic rings. The van der Waals surface area contributed by atoms with E-state index in [2.05, 4.69) is 20.6 Å². The molecule has 1 aliphatic carbocycles. The van der Waals surface area contributed by atoms with Crippen molar-refractivity contribution in [2.45, 2.75) is 38.1 Å². The van der Waals surface area contributed by atoms with Gasteiger partial charge in [-0.05, 0) is 12.8 Å². The van der Waals surface area contributed by atoms with Crippen LogP contribution in [0.3, 0.4) is 0 Å². The minimum Gasteiger partial charge on any atom is -0.395 e. The number of nitrogens with zero attached hydrogens (tertiary/aromatic N) is 2. The van der Waals surface area contributed by atoms with E-state index in [4.69, 9.17) is 5.11 Å². The van der Waals surface area contributed by atoms with Gasteiger partial charge in [0, 0.05) is 18.7 Å². The minimum atomic E-state index is 0.107. The summed E-state index contributed by atoms with van der Waals surface area (Å²) in [6.45, 7) is 0.620. The predicted octanol–water partition coefficient (Wildman–Crippen LogP) is 1.63. The van der Waals surface area contributed by atoms with E-state index in [0.717, 1.165) is 11.6 Å². The molecule has 0 aliphatic heterocycles. The summed E-state index contributed by atoms with van der Waals surface area (Å²) in [5, 5.41) is 15.2. The number of anilines is 2. The van der Waals surface area contributed by atoms with Gasteiger partial charge in [-0.3, -0.25) is 0 Å². The SMILES string of the molecule is OCCNc1cc(NC2CCCCC2)ncn1. The van der Waals surface area contributed by atoms with Gasteiger partial charge in [0.05, 0.1) is 6.61 Å². The van der Waals surface area contributed by atoms with Gasteiger partial charge >= 0.3 is 0 Å². The average Bonchev–Trinajstić information content (AvgIpc) is 2.38. The molecule has 5 heteroatoms. The van der Waals surface area contributed by atoms with Crippen molar-refractivity contribution in [3.05, 3.63) is 12.4 Å². The highest BCUT2D eigenvalue weighted by molar-refractivity contribution is 5.46. The molecule has 0 atom stereocenters. The Balaban J connectivity index is 1.90. The Labute approximate surface area is 102 Å². The molecule has 0 amide bonds. The van der Waals surface area contributed by atoms with Crippen LogP contribution in [0.15, 0.2) is 12.4 Å². The number of aliphatic hydroxyl groups is 1. The van der Waals surface area contributed by atoms with E-state index in [0.29, 0.717) is 12.6 Å². The first-order valence-corrected chi connectivity index (χ1v) is 6.32. The lowest BCUT2D eigenvalue weighted by atomic mass is 9.95. The Morgan fingerprint density at radius 3 is 2.71 bits per heavy atom. The van der Waals surface area contributed by atoms with E-state index in [1.165, 1.54) is 32.1 Å². The molecule has 3 N–H and O–H groups in total. The number of aromatic nitrogens is 2. The van der Waals surface area contributed by atoms with E-state index >= 15 is 0 Å². The van der Waals surface area contributed by atoms with Gasteiger partial charge < -0.3 is 15.7 Å². The van der Waals surface area contributed by atoms with Crippen LogP contribution < -0.4 is 10.6 Å². The maximum Gasteiger partial charge on any atom is 0.131 e. The summed E-state index contributed by atoms with van der Waals surface area (Å²) in [6.07, 6.45) is 7.96. The first-order valence-electron chi connectivity index (χ1n) is 6.32. The second-order valence-corrected chi connectivity index (χ2v) is 4.42. The molecule has 1 saturated carbocycles. The van der Waals surface area contributed by atoms with Crippen LogP contribution in [0.5, 0.6) is 0 Å². The number of hydrogen-bond acceptors (Lipinski definition) is 5. The third-order valence-electron chi connectivity index (χ3n) is 3.04. The topological polar surface area (TPSA) is 70.1 Å². The molecule has 0 spiro atoms. The zero-order valence-corrected chi connectivity index (χ0v) is 10.0. The number of rotatable bonds is 5. The number of aliphatic hydroxyl groups excluding tert-OH is 1. The van der Waals surface area contributed by atoms with E-state index in [1.807, 2.05) is 6.07 Å². The van der Waals surface area contributed by atoms with E-state index in [9.17, 15) is 0 Å². The zero-order chi connectivity index (χ0) is 11.9. The molecule has 0 unspecified atom stereocenters. The second-order valence-electron chi connectivity index (χ2n) is 4.42. The lowest BCUT2D eigenvalue weighted by Gasteiger charge is -2.23. The molecule has 0 saturated heterocycles. The van der Waals surface area contributed by atoms with Gasteiger partial charge in [-0.1, -0.05) is 19.3 Å². The summed E-state index contributed by atoms with van der Waals surface area (Å²) in [5.41, 5.74) is 0. The summed E-state index contributed by atoms with van der Waals surface area (Å²) in [4.78, 5) is 8.31. The number of hydrogen-bond donors (Lipinski definition) is 3. The highest BCUT2D eigenvalue weighted by atomic mass is 16.3. The maximum atomic E-state index is 8.74. The van der Waals surface area contributed by atoms with Crippen LogP contribution in [0, 0.1) is 0 Å². The van der Waals surface area contributed by atoms with Crippen LogP contribution >= 0.6 is 0 Å². The van der Waals surface area contributed by atoms with Gasteiger partial charge in [-0.15, -0.1) is 0 Å². The van der Waals surface area contributed by atoms with E-state index in [-0.39, 0.29) is 6.61 Å². The summed E-state index contributed by atoms with van der Waals surface area (Å²) < 4.78 is 0. The lowest BCUT2D eigenvalue weighted by molar-refractivity contribution is 0.311. The van der Waals surface area contributed by atoms with Crippen molar-refractivity contribution < 1.29 is 5.11 Å². The van der Waals surface area contributed by atoms with Crippen molar-refractivity contribution in [2.24, 2.45) is 0 Å². The summed E-state index contributed by atoms with van der Waals surface area (Å²) >= 11 is 0. The number of nitrogens with one attached hydrogen (secondary N) is 2. The fourth-order valence-electron chi connectivity index (χ4n) is 2.17. The van der Waals surface area contributed by atoms with Crippen molar-refractivity contribution in [2.75, 3.05) is 23.8 Å². The summed E-state index contributed by atoms with van der Waals surface area (Å²) in [7, 11) is 0. The molecule has 1 aromatic heterocycles. The van der Waals surface area contributed by atoms with Gasteiger partial charge in [-0.25, -0.2) is 9.97 Å². The van der Waals surface area contributed by atoms with E-state index in [1.54, 1.807) is 6.33 Å². The molecule has 0 radical (unpaired) electrons. The fraction of sp³-hybridized carbons (Fsp3) is 0.667. The Kier molecular flexibility index (Phi) is 4.55. The Bertz CT molecular complexity index is 339. The molecule has 5 nitrogen and oxygen atoms in total. The van der Waals surface area contributed by atoms with Crippen molar-refractivity contribution in [1.29, 1.82) is 0 Å². The van der Waals surface area contributed by atoms with Crippen LogP contribution in [0.25, 0.3) is 0 Å². The first kappa shape index (κ1) is 12.1. The van der Waals surface area contributed by atoms with Crippen LogP contribution in [0.2, 0.25) is 0 Å². The minimum absolute atomic E-state index is 0.107. The van der Waals surface area contributed by atoms with Gasteiger partial charge in [0.2, 0.25) is 0 Å². The molecular weight excluding hydrogens is 216 g/mol. The van der Waals surface area contributed by atoms with E-state index < -0.39 is 0 Å². The molecule has 1 fully saturated rings. The van der Waals surface area contributed by atoms with Gasteiger partial charge in [0.25, 0.3) is 0 Å². The Morgan fingerprint density at radius 2 is 1.94 bits per heavy atom. The van der Waals surface area contributed by atoms with Crippen LogP contribution in [-0.2, 0) is 0 Å². The molecular formula is C12H20N4O. The monoisotopic (exact) mass is 236 g/mol. The van der Waals surface area contributed by atoms with Crippen molar-refractivity contribution >= 4 is 11.6 Å². The molecule has 2 rings (SSSR count). The van der Waals surface area contributed by atoms with Crippen LogP contribution in [-0.4, -0.2) is 34.3 Å². The highest BCUT2D eigenvalue weighted by Crippen LogP contribution is 2.21. The summed E-state index contributed by atoms with van der Waals surface area (Å²) in [5.74, 6) is 1.62. The van der Waals surface area contributed by atoms with Crippen LogP contribution in [0.1, 0.15) is 32.1 Å². The maximum absolute atomic E-state index is 8.74. The Hall–Kier alpha value is -1.36. The molecule has 1 aliphatic rings. The summed E-state index contributed by atoms with van der Waals surface area (Å²) in [6, 6.07) is 2.44. The van der Waals surface area contributed by atoms with Crippen LogP contribution in [0.4, 0.5) is 11.6 Å². The predicted molar refractivity (Wildman–Crippen MR) is 68.1 cm³/mol. The largest absolute Gasteiger partial charge is 0.395 e. The standard InChI is InChI=1S/C12H20N4O/c17-7-6-13-11-8-12(15-9-14-11)16-10-4-2-1-3-5-10/h8-10,17H,1-7H2,(H2,13,14,15,16). The zero-order valence-electron chi connectivity index (χ0n) is 10.0. The molecule has 94 valence electrons. The van der Waals surface area contributed by atoms with Gasteiger partial charge in [0.1, 0.15) is 18.0 Å². The normalized spacial score (nSPS) is 16.8. The Morgan fingerprint density at radius 1 is 1.18 bits per heavy atom. The molecule has 17 heavy (non-hydrogen) atoms. The lowest BCUT2D eigenvalue weighted by Crippen LogP contribution is -2.23. The molecule has 1 heterocycles. The fourth-order valence-corrected chi connectivity index (χ4v) is 2.17. The van der Waals surface area contributed by atoms with Crippen molar-refractivity contribution in [1.82, 2.24) is 9.97 Å². The highest BCUT2D eigenvalue weighted by Gasteiger charge is 2.13. The van der Waals surface area contributed by atoms with Crippen molar-refractivity contribution in [3.63, 3.8) is 0 Å². The average molecular weight is 236 g/mol. The van der Waals surface area contributed by atoms with Crippen molar-refractivity contribution in [3.8, 4) is 0 Å². The molecule has 0 bridgehead atoms. The quantitative estimate of drug-likeness (QED) is 0.725. The van der Waals surface area contributed by atoms with Gasteiger partial charge in [0.15, 0.2) is 0 Å². The first-order chi connectivity index (χ1) is 8.38. The smallest absolute Gasteiger partial charge is 0.131 e. The van der Waals surface area contributed by atoms with Gasteiger partial charge in [-0.2, -0.15) is 0 Å².